The molecule has 1 aromatic carbocycles. The van der Waals surface area contributed by atoms with Crippen LogP contribution in [0.2, 0.25) is 0 Å². The molecule has 3 rings (SSSR count). The maximum atomic E-state index is 12.4. The van der Waals surface area contributed by atoms with Crippen LogP contribution in [0, 0.1) is 27.7 Å². The summed E-state index contributed by atoms with van der Waals surface area (Å²) in [5, 5.41) is 5.06. The first-order valence-electron chi connectivity index (χ1n) is 8.08. The van der Waals surface area contributed by atoms with E-state index in [9.17, 15) is 4.79 Å². The minimum Gasteiger partial charge on any atom is -0.361 e. The second kappa shape index (κ2) is 6.24. The molecule has 24 heavy (non-hydrogen) atoms. The van der Waals surface area contributed by atoms with Crippen LogP contribution in [0.3, 0.4) is 0 Å². The van der Waals surface area contributed by atoms with Crippen molar-refractivity contribution in [2.24, 2.45) is 0 Å². The number of H-pyrrole nitrogens is 1. The van der Waals surface area contributed by atoms with Gasteiger partial charge in [-0.05, 0) is 57.8 Å². The fourth-order valence-electron chi connectivity index (χ4n) is 3.19. The Labute approximate surface area is 141 Å². The normalized spacial score (nSPS) is 11.6. The Balaban J connectivity index is 1.89. The average Bonchev–Trinajstić information content (AvgIpc) is 2.81. The lowest BCUT2D eigenvalue weighted by molar-refractivity contribution is 0.314. The Bertz CT molecular complexity index is 934. The van der Waals surface area contributed by atoms with E-state index in [4.69, 9.17) is 4.52 Å². The van der Waals surface area contributed by atoms with Crippen LogP contribution >= 0.6 is 0 Å². The summed E-state index contributed by atoms with van der Waals surface area (Å²) in [6.45, 7) is 9.22. The van der Waals surface area contributed by atoms with Crippen molar-refractivity contribution in [1.82, 2.24) is 15.0 Å². The van der Waals surface area contributed by atoms with Gasteiger partial charge in [0.2, 0.25) is 0 Å². The van der Waals surface area contributed by atoms with Gasteiger partial charge in [-0.3, -0.25) is 9.69 Å². The molecule has 2 heterocycles. The Morgan fingerprint density at radius 3 is 2.54 bits per heavy atom. The van der Waals surface area contributed by atoms with Crippen LogP contribution in [0.25, 0.3) is 10.9 Å². The average molecular weight is 325 g/mol. The number of benzene rings is 1. The molecule has 0 radical (unpaired) electrons. The second-order valence-corrected chi connectivity index (χ2v) is 6.64. The highest BCUT2D eigenvalue weighted by molar-refractivity contribution is 5.82. The van der Waals surface area contributed by atoms with Crippen molar-refractivity contribution in [3.8, 4) is 0 Å². The lowest BCUT2D eigenvalue weighted by Crippen LogP contribution is -2.23. The summed E-state index contributed by atoms with van der Waals surface area (Å²) in [6, 6.07) is 6.19. The predicted octanol–water partition coefficient (Wildman–Crippen LogP) is 3.38. The van der Waals surface area contributed by atoms with Gasteiger partial charge in [-0.2, -0.15) is 0 Å². The summed E-state index contributed by atoms with van der Waals surface area (Å²) < 4.78 is 5.21. The highest BCUT2D eigenvalue weighted by Crippen LogP contribution is 2.19. The molecule has 5 nitrogen and oxygen atoms in total. The van der Waals surface area contributed by atoms with Gasteiger partial charge in [0.15, 0.2) is 0 Å². The molecule has 0 spiro atoms. The van der Waals surface area contributed by atoms with Crippen molar-refractivity contribution in [1.29, 1.82) is 0 Å². The van der Waals surface area contributed by atoms with Crippen LogP contribution in [0.15, 0.2) is 27.5 Å². The summed E-state index contributed by atoms with van der Waals surface area (Å²) in [5.74, 6) is 0.832. The number of hydrogen-bond acceptors (Lipinski definition) is 4. The molecule has 0 atom stereocenters. The summed E-state index contributed by atoms with van der Waals surface area (Å²) in [5.41, 5.74) is 5.93. The van der Waals surface area contributed by atoms with Gasteiger partial charge in [0.1, 0.15) is 5.76 Å². The minimum absolute atomic E-state index is 0.0277. The molecule has 0 fully saturated rings. The zero-order valence-corrected chi connectivity index (χ0v) is 14.9. The molecule has 5 heteroatoms. The Kier molecular flexibility index (Phi) is 4.28. The Hall–Kier alpha value is -2.40. The van der Waals surface area contributed by atoms with Crippen LogP contribution in [0.1, 0.15) is 33.7 Å². The summed E-state index contributed by atoms with van der Waals surface area (Å²) in [7, 11) is 2.00. The maximum absolute atomic E-state index is 12.4. The highest BCUT2D eigenvalue weighted by Gasteiger charge is 2.13. The molecule has 3 aromatic rings. The van der Waals surface area contributed by atoms with Crippen LogP contribution in [0.5, 0.6) is 0 Å². The molecule has 0 aliphatic rings. The molecule has 0 bridgehead atoms. The number of hydrogen-bond donors (Lipinski definition) is 1. The van der Waals surface area contributed by atoms with E-state index < -0.39 is 0 Å². The fraction of sp³-hybridized carbons (Fsp3) is 0.368. The van der Waals surface area contributed by atoms with E-state index in [2.05, 4.69) is 34.1 Å². The van der Waals surface area contributed by atoms with Gasteiger partial charge in [-0.25, -0.2) is 0 Å². The molecule has 1 N–H and O–H groups in total. The molecular weight excluding hydrogens is 302 g/mol. The quantitative estimate of drug-likeness (QED) is 0.799. The highest BCUT2D eigenvalue weighted by atomic mass is 16.5. The number of nitrogens with zero attached hydrogens (tertiary/aromatic N) is 2. The maximum Gasteiger partial charge on any atom is 0.252 e. The number of aromatic amines is 1. The largest absolute Gasteiger partial charge is 0.361 e. The van der Waals surface area contributed by atoms with Crippen molar-refractivity contribution in [2.75, 3.05) is 7.05 Å². The summed E-state index contributed by atoms with van der Waals surface area (Å²) in [6.07, 6.45) is 0. The van der Waals surface area contributed by atoms with E-state index in [1.54, 1.807) is 0 Å². The molecule has 0 amide bonds. The van der Waals surface area contributed by atoms with Crippen LogP contribution < -0.4 is 5.56 Å². The third-order valence-electron chi connectivity index (χ3n) is 4.42. The van der Waals surface area contributed by atoms with Crippen molar-refractivity contribution in [2.45, 2.75) is 40.8 Å². The molecular formula is C19H23N3O2. The zero-order chi connectivity index (χ0) is 17.4. The van der Waals surface area contributed by atoms with E-state index in [1.165, 1.54) is 5.56 Å². The van der Waals surface area contributed by atoms with Gasteiger partial charge in [-0.1, -0.05) is 16.8 Å². The standard InChI is InChI=1S/C19H23N3O2/c1-11-6-12(2)18-15(7-11)8-16(19(23)20-18)9-22(5)10-17-13(3)21-24-14(17)4/h6-8H,9-10H2,1-5H3,(H,20,23). The first-order chi connectivity index (χ1) is 11.3. The summed E-state index contributed by atoms with van der Waals surface area (Å²) >= 11 is 0. The molecule has 0 saturated carbocycles. The zero-order valence-electron chi connectivity index (χ0n) is 14.9. The van der Waals surface area contributed by atoms with Crippen molar-refractivity contribution in [3.05, 3.63) is 62.3 Å². The molecule has 0 unspecified atom stereocenters. The van der Waals surface area contributed by atoms with E-state index >= 15 is 0 Å². The van der Waals surface area contributed by atoms with Crippen molar-refractivity contribution in [3.63, 3.8) is 0 Å². The van der Waals surface area contributed by atoms with Crippen molar-refractivity contribution >= 4 is 10.9 Å². The smallest absolute Gasteiger partial charge is 0.252 e. The monoisotopic (exact) mass is 325 g/mol. The van der Waals surface area contributed by atoms with Gasteiger partial charge in [0.05, 0.1) is 11.2 Å². The number of rotatable bonds is 4. The van der Waals surface area contributed by atoms with Crippen LogP contribution in [-0.4, -0.2) is 22.1 Å². The third-order valence-corrected chi connectivity index (χ3v) is 4.42. The van der Waals surface area contributed by atoms with Gasteiger partial charge < -0.3 is 9.51 Å². The molecule has 2 aromatic heterocycles. The number of fused-ring (bicyclic) bond motifs is 1. The number of pyridine rings is 1. The van der Waals surface area contributed by atoms with Crippen molar-refractivity contribution < 1.29 is 4.52 Å². The van der Waals surface area contributed by atoms with Crippen LogP contribution in [-0.2, 0) is 13.1 Å². The topological polar surface area (TPSA) is 62.1 Å². The van der Waals surface area contributed by atoms with E-state index in [0.717, 1.165) is 39.0 Å². The van der Waals surface area contributed by atoms with Gasteiger partial charge in [0, 0.05) is 24.2 Å². The first-order valence-corrected chi connectivity index (χ1v) is 8.08. The molecule has 0 saturated heterocycles. The lowest BCUT2D eigenvalue weighted by atomic mass is 10.1. The molecule has 0 aliphatic heterocycles. The SMILES string of the molecule is Cc1cc(C)c2[nH]c(=O)c(CN(C)Cc3c(C)noc3C)cc2c1. The summed E-state index contributed by atoms with van der Waals surface area (Å²) in [4.78, 5) is 17.6. The lowest BCUT2D eigenvalue weighted by Gasteiger charge is -2.16. The first kappa shape index (κ1) is 16.5. The van der Waals surface area contributed by atoms with Gasteiger partial charge in [-0.15, -0.1) is 0 Å². The number of nitrogens with one attached hydrogen (secondary N) is 1. The van der Waals surface area contributed by atoms with Gasteiger partial charge >= 0.3 is 0 Å². The fourth-order valence-corrected chi connectivity index (χ4v) is 3.19. The second-order valence-electron chi connectivity index (χ2n) is 6.64. The Morgan fingerprint density at radius 1 is 1.12 bits per heavy atom. The Morgan fingerprint density at radius 2 is 1.88 bits per heavy atom. The van der Waals surface area contributed by atoms with E-state index in [-0.39, 0.29) is 5.56 Å². The van der Waals surface area contributed by atoms with Crippen LogP contribution in [0.4, 0.5) is 0 Å². The number of aromatic nitrogens is 2. The van der Waals surface area contributed by atoms with E-state index in [1.807, 2.05) is 33.9 Å². The van der Waals surface area contributed by atoms with E-state index in [0.29, 0.717) is 13.1 Å². The van der Waals surface area contributed by atoms with Gasteiger partial charge in [0.25, 0.3) is 5.56 Å². The predicted molar refractivity (Wildman–Crippen MR) is 95.2 cm³/mol. The molecule has 0 aliphatic carbocycles. The number of aryl methyl sites for hydroxylation is 4. The minimum atomic E-state index is -0.0277. The molecule has 126 valence electrons. The third kappa shape index (κ3) is 3.12.